The summed E-state index contributed by atoms with van der Waals surface area (Å²) in [4.78, 5) is 46.1. The number of rotatable bonds is 3. The van der Waals surface area contributed by atoms with Gasteiger partial charge in [0.15, 0.2) is 0 Å². The van der Waals surface area contributed by atoms with Gasteiger partial charge >= 0.3 is 0 Å². The van der Waals surface area contributed by atoms with Crippen LogP contribution in [0.2, 0.25) is 10.0 Å². The lowest BCUT2D eigenvalue weighted by atomic mass is 10.2. The van der Waals surface area contributed by atoms with E-state index in [1.807, 2.05) is 11.4 Å². The van der Waals surface area contributed by atoms with Crippen molar-refractivity contribution in [2.24, 2.45) is 0 Å². The first kappa shape index (κ1) is 19.9. The molecule has 1 aliphatic rings. The first-order chi connectivity index (χ1) is 13.9. The third kappa shape index (κ3) is 4.01. The number of benzene rings is 1. The largest absolute Gasteiger partial charge is 0.338 e. The summed E-state index contributed by atoms with van der Waals surface area (Å²) >= 11 is 13.5. The summed E-state index contributed by atoms with van der Waals surface area (Å²) in [6.45, 7) is 1.62. The van der Waals surface area contributed by atoms with E-state index in [1.165, 1.54) is 34.4 Å². The third-order valence-corrected chi connectivity index (χ3v) is 6.17. The first-order valence-corrected chi connectivity index (χ1v) is 10.5. The van der Waals surface area contributed by atoms with Gasteiger partial charge in [-0.2, -0.15) is 0 Å². The molecule has 1 aliphatic heterocycles. The van der Waals surface area contributed by atoms with Crippen molar-refractivity contribution in [2.45, 2.75) is 6.54 Å². The zero-order valence-electron chi connectivity index (χ0n) is 15.2. The Bertz CT molecular complexity index is 1140. The molecule has 0 atom stereocenters. The van der Waals surface area contributed by atoms with Crippen LogP contribution in [0.1, 0.15) is 9.67 Å². The van der Waals surface area contributed by atoms with Crippen LogP contribution in [0.4, 0.5) is 0 Å². The van der Waals surface area contributed by atoms with Gasteiger partial charge in [-0.15, -0.1) is 11.3 Å². The number of carbonyl (C=O) groups excluding carboxylic acids is 2. The van der Waals surface area contributed by atoms with Crippen LogP contribution < -0.4 is 5.56 Å². The highest BCUT2D eigenvalue weighted by Gasteiger charge is 2.25. The lowest BCUT2D eigenvalue weighted by Gasteiger charge is -2.34. The molecule has 0 radical (unpaired) electrons. The molecule has 29 heavy (non-hydrogen) atoms. The fourth-order valence-corrected chi connectivity index (χ4v) is 4.50. The zero-order valence-corrected chi connectivity index (χ0v) is 17.5. The van der Waals surface area contributed by atoms with Crippen LogP contribution in [0, 0.1) is 0 Å². The second-order valence-corrected chi connectivity index (χ2v) is 8.40. The van der Waals surface area contributed by atoms with Crippen LogP contribution in [-0.2, 0) is 11.3 Å². The Hall–Kier alpha value is -2.42. The molecule has 0 N–H and O–H groups in total. The van der Waals surface area contributed by atoms with Crippen LogP contribution in [0.15, 0.2) is 40.8 Å². The summed E-state index contributed by atoms with van der Waals surface area (Å²) in [5.74, 6) is -0.222. The molecule has 10 heteroatoms. The Morgan fingerprint density at radius 3 is 2.52 bits per heavy atom. The first-order valence-electron chi connectivity index (χ1n) is 8.89. The van der Waals surface area contributed by atoms with E-state index in [9.17, 15) is 14.4 Å². The highest BCUT2D eigenvalue weighted by atomic mass is 35.5. The Morgan fingerprint density at radius 1 is 1.10 bits per heavy atom. The van der Waals surface area contributed by atoms with Crippen molar-refractivity contribution in [2.75, 3.05) is 26.2 Å². The zero-order chi connectivity index (χ0) is 20.5. The molecule has 2 amide bonds. The predicted molar refractivity (Wildman–Crippen MR) is 113 cm³/mol. The summed E-state index contributed by atoms with van der Waals surface area (Å²) in [5, 5.41) is 2.75. The van der Waals surface area contributed by atoms with E-state index < -0.39 is 0 Å². The van der Waals surface area contributed by atoms with Gasteiger partial charge in [-0.25, -0.2) is 4.98 Å². The number of aromatic nitrogens is 2. The molecule has 3 aromatic rings. The van der Waals surface area contributed by atoms with Crippen molar-refractivity contribution in [3.63, 3.8) is 0 Å². The Kier molecular flexibility index (Phi) is 5.58. The highest BCUT2D eigenvalue weighted by Crippen LogP contribution is 2.24. The fourth-order valence-electron chi connectivity index (χ4n) is 3.27. The van der Waals surface area contributed by atoms with E-state index in [4.69, 9.17) is 23.2 Å². The van der Waals surface area contributed by atoms with E-state index >= 15 is 0 Å². The number of halogens is 2. The number of hydrogen-bond acceptors (Lipinski definition) is 5. The fraction of sp³-hybridized carbons (Fsp3) is 0.263. The highest BCUT2D eigenvalue weighted by molar-refractivity contribution is 7.12. The monoisotopic (exact) mass is 450 g/mol. The van der Waals surface area contributed by atoms with Gasteiger partial charge in [0.2, 0.25) is 5.91 Å². The van der Waals surface area contributed by atoms with E-state index in [1.54, 1.807) is 15.9 Å². The van der Waals surface area contributed by atoms with Crippen LogP contribution in [-0.4, -0.2) is 57.3 Å². The van der Waals surface area contributed by atoms with E-state index in [2.05, 4.69) is 4.98 Å². The number of amides is 2. The summed E-state index contributed by atoms with van der Waals surface area (Å²) in [6.07, 6.45) is 1.32. The number of nitrogens with zero attached hydrogens (tertiary/aromatic N) is 4. The molecule has 7 nitrogen and oxygen atoms in total. The lowest BCUT2D eigenvalue weighted by molar-refractivity contribution is -0.133. The Labute approximate surface area is 180 Å². The van der Waals surface area contributed by atoms with Crippen molar-refractivity contribution in [3.8, 4) is 0 Å². The van der Waals surface area contributed by atoms with Crippen LogP contribution in [0.25, 0.3) is 10.9 Å². The van der Waals surface area contributed by atoms with Gasteiger partial charge < -0.3 is 9.80 Å². The average molecular weight is 451 g/mol. The van der Waals surface area contributed by atoms with Crippen LogP contribution >= 0.6 is 34.5 Å². The molecule has 0 aliphatic carbocycles. The van der Waals surface area contributed by atoms with Gasteiger partial charge in [0, 0.05) is 31.2 Å². The van der Waals surface area contributed by atoms with E-state index in [0.29, 0.717) is 41.6 Å². The van der Waals surface area contributed by atoms with Gasteiger partial charge in [-0.05, 0) is 23.6 Å². The second kappa shape index (κ2) is 8.14. The second-order valence-electron chi connectivity index (χ2n) is 6.61. The molecular weight excluding hydrogens is 435 g/mol. The van der Waals surface area contributed by atoms with Gasteiger partial charge in [0.05, 0.1) is 27.1 Å². The van der Waals surface area contributed by atoms with Crippen LogP contribution in [0.5, 0.6) is 0 Å². The number of hydrogen-bond donors (Lipinski definition) is 0. The van der Waals surface area contributed by atoms with E-state index in [0.717, 1.165) is 0 Å². The van der Waals surface area contributed by atoms with Gasteiger partial charge in [0.25, 0.3) is 11.5 Å². The molecule has 1 saturated heterocycles. The summed E-state index contributed by atoms with van der Waals surface area (Å²) < 4.78 is 1.25. The Morgan fingerprint density at radius 2 is 1.83 bits per heavy atom. The van der Waals surface area contributed by atoms with Gasteiger partial charge in [-0.1, -0.05) is 29.3 Å². The number of piperazine rings is 1. The quantitative estimate of drug-likeness (QED) is 0.614. The molecule has 1 aromatic carbocycles. The van der Waals surface area contributed by atoms with E-state index in [-0.39, 0.29) is 34.3 Å². The maximum Gasteiger partial charge on any atom is 0.264 e. The molecule has 3 heterocycles. The normalized spacial score (nSPS) is 14.4. The smallest absolute Gasteiger partial charge is 0.264 e. The summed E-state index contributed by atoms with van der Waals surface area (Å²) in [6, 6.07) is 6.65. The third-order valence-electron chi connectivity index (χ3n) is 4.80. The maximum absolute atomic E-state index is 12.7. The molecule has 4 rings (SSSR count). The van der Waals surface area contributed by atoms with Gasteiger partial charge in [0.1, 0.15) is 6.54 Å². The van der Waals surface area contributed by atoms with Crippen molar-refractivity contribution in [1.29, 1.82) is 0 Å². The predicted octanol–water partition coefficient (Wildman–Crippen LogP) is 2.75. The molecular formula is C19H16Cl2N4O3S. The van der Waals surface area contributed by atoms with Crippen molar-refractivity contribution in [1.82, 2.24) is 19.4 Å². The van der Waals surface area contributed by atoms with Crippen molar-refractivity contribution in [3.05, 3.63) is 61.2 Å². The standard InChI is InChI=1S/C19H16Cl2N4O3S/c20-12-8-13-17(14(21)9-12)22-11-25(18(13)27)10-16(26)23-3-5-24(6-4-23)19(28)15-2-1-7-29-15/h1-2,7-9,11H,3-6,10H2. The molecule has 2 aromatic heterocycles. The number of thiophene rings is 1. The average Bonchev–Trinajstić information content (AvgIpc) is 3.25. The molecule has 0 unspecified atom stereocenters. The maximum atomic E-state index is 12.7. The number of carbonyl (C=O) groups is 2. The molecule has 150 valence electrons. The van der Waals surface area contributed by atoms with Crippen LogP contribution in [0.3, 0.4) is 0 Å². The minimum Gasteiger partial charge on any atom is -0.338 e. The Balaban J connectivity index is 1.45. The topological polar surface area (TPSA) is 75.5 Å². The SMILES string of the molecule is O=C(Cn1cnc2c(Cl)cc(Cl)cc2c1=O)N1CCN(C(=O)c2cccs2)CC1. The van der Waals surface area contributed by atoms with Crippen molar-refractivity contribution >= 4 is 57.3 Å². The minimum atomic E-state index is -0.376. The molecule has 0 saturated carbocycles. The molecule has 1 fully saturated rings. The molecule has 0 bridgehead atoms. The van der Waals surface area contributed by atoms with Crippen molar-refractivity contribution < 1.29 is 9.59 Å². The summed E-state index contributed by atoms with van der Waals surface area (Å²) in [5.41, 5.74) is -0.0234. The lowest BCUT2D eigenvalue weighted by Crippen LogP contribution is -2.51. The van der Waals surface area contributed by atoms with Gasteiger partial charge in [-0.3, -0.25) is 19.0 Å². The number of fused-ring (bicyclic) bond motifs is 1. The molecule has 0 spiro atoms. The minimum absolute atomic E-state index is 0.0178. The summed E-state index contributed by atoms with van der Waals surface area (Å²) in [7, 11) is 0.